The van der Waals surface area contributed by atoms with Gasteiger partial charge in [-0.05, 0) is 55.1 Å². The topological polar surface area (TPSA) is 37.4 Å². The zero-order chi connectivity index (χ0) is 26.5. The molecule has 0 aliphatic carbocycles. The van der Waals surface area contributed by atoms with E-state index in [1.54, 1.807) is 0 Å². The largest absolute Gasteiger partial charge is 0.303 e. The summed E-state index contributed by atoms with van der Waals surface area (Å²) in [6, 6.07) is 36.6. The van der Waals surface area contributed by atoms with Crippen LogP contribution in [-0.2, 0) is 10.8 Å². The fourth-order valence-electron chi connectivity index (χ4n) is 5.40. The number of nitrogens with zero attached hydrogens (tertiary/aromatic N) is 1. The summed E-state index contributed by atoms with van der Waals surface area (Å²) in [6.45, 7) is 6.89. The van der Waals surface area contributed by atoms with E-state index in [-0.39, 0.29) is 13.1 Å². The molecule has 0 bridgehead atoms. The second-order valence-corrected chi connectivity index (χ2v) is 11.9. The Labute approximate surface area is 230 Å². The van der Waals surface area contributed by atoms with Gasteiger partial charge in [-0.2, -0.15) is 0 Å². The number of carbonyl (C=O) groups is 1. The number of Topliss-reactive ketones (excluding diaryl/α,β-unsaturated/α-hetero) is 1. The smallest absolute Gasteiger partial charge is 0.167 e. The zero-order valence-corrected chi connectivity index (χ0v) is 22.9. The van der Waals surface area contributed by atoms with Crippen molar-refractivity contribution >= 4 is 16.6 Å². The van der Waals surface area contributed by atoms with Crippen LogP contribution in [0, 0.1) is 18.8 Å². The van der Waals surface area contributed by atoms with Gasteiger partial charge in [0, 0.05) is 36.8 Å². The summed E-state index contributed by atoms with van der Waals surface area (Å²) >= 11 is 0. The minimum atomic E-state index is -1.38. The van der Waals surface area contributed by atoms with E-state index < -0.39 is 10.8 Å². The van der Waals surface area contributed by atoms with E-state index >= 15 is 0 Å². The standard InChI is InChI=1S/C34H35NO2S.H2/c1-25-17-19-30(20-18-25)38(37)33-16-10-9-15-32(33)34(36)26(2)29-23-35(24-29)22-21-31(27-11-5-3-6-12-27)28-13-7-4-8-14-28;/h3-20,26,29,31H,21-24H2,1-2H3;1H. The molecule has 4 aromatic carbocycles. The number of aryl methyl sites for hydroxylation is 1. The van der Waals surface area contributed by atoms with Gasteiger partial charge in [-0.1, -0.05) is 103 Å². The van der Waals surface area contributed by atoms with Crippen LogP contribution in [0.4, 0.5) is 0 Å². The van der Waals surface area contributed by atoms with Gasteiger partial charge in [0.25, 0.3) is 0 Å². The third-order valence-corrected chi connectivity index (χ3v) is 9.29. The van der Waals surface area contributed by atoms with Crippen molar-refractivity contribution in [2.45, 2.75) is 36.0 Å². The summed E-state index contributed by atoms with van der Waals surface area (Å²) < 4.78 is 13.3. The number of ketones is 1. The molecule has 1 aliphatic rings. The van der Waals surface area contributed by atoms with Crippen LogP contribution in [0.5, 0.6) is 0 Å². The van der Waals surface area contributed by atoms with Crippen LogP contribution in [0.2, 0.25) is 0 Å². The summed E-state index contributed by atoms with van der Waals surface area (Å²) in [5, 5.41) is 0. The number of likely N-dealkylation sites (tertiary alicyclic amines) is 1. The highest BCUT2D eigenvalue weighted by molar-refractivity contribution is 7.85. The third kappa shape index (κ3) is 5.87. The summed E-state index contributed by atoms with van der Waals surface area (Å²) in [4.78, 5) is 17.4. The molecule has 1 saturated heterocycles. The molecular weight excluding hydrogens is 486 g/mol. The molecule has 0 radical (unpaired) electrons. The molecule has 0 N–H and O–H groups in total. The van der Waals surface area contributed by atoms with Crippen LogP contribution in [0.3, 0.4) is 0 Å². The van der Waals surface area contributed by atoms with Crippen molar-refractivity contribution in [3.63, 3.8) is 0 Å². The van der Waals surface area contributed by atoms with E-state index in [0.29, 0.717) is 22.3 Å². The number of hydrogen-bond acceptors (Lipinski definition) is 3. The van der Waals surface area contributed by atoms with Crippen LogP contribution >= 0.6 is 0 Å². The maximum Gasteiger partial charge on any atom is 0.167 e. The molecule has 1 fully saturated rings. The fraction of sp³-hybridized carbons (Fsp3) is 0.265. The minimum Gasteiger partial charge on any atom is -0.303 e. The van der Waals surface area contributed by atoms with Crippen molar-refractivity contribution in [2.75, 3.05) is 19.6 Å². The highest BCUT2D eigenvalue weighted by Gasteiger charge is 2.36. The molecule has 196 valence electrons. The number of carbonyl (C=O) groups excluding carboxylic acids is 1. The summed E-state index contributed by atoms with van der Waals surface area (Å²) in [7, 11) is -1.38. The molecule has 0 saturated carbocycles. The van der Waals surface area contributed by atoms with Crippen LogP contribution in [-0.4, -0.2) is 34.5 Å². The monoisotopic (exact) mass is 523 g/mol. The summed E-state index contributed by atoms with van der Waals surface area (Å²) in [5.74, 6) is 0.660. The van der Waals surface area contributed by atoms with Gasteiger partial charge in [0.2, 0.25) is 0 Å². The molecule has 1 aliphatic heterocycles. The van der Waals surface area contributed by atoms with E-state index in [0.717, 1.165) is 36.5 Å². The molecule has 4 aromatic rings. The van der Waals surface area contributed by atoms with Gasteiger partial charge in [0.1, 0.15) is 0 Å². The second-order valence-electron chi connectivity index (χ2n) is 10.4. The van der Waals surface area contributed by atoms with Crippen LogP contribution in [0.1, 0.15) is 47.7 Å². The molecule has 5 rings (SSSR count). The van der Waals surface area contributed by atoms with E-state index in [1.807, 2.05) is 62.4 Å². The summed E-state index contributed by atoms with van der Waals surface area (Å²) in [6.07, 6.45) is 1.04. The van der Waals surface area contributed by atoms with Crippen LogP contribution in [0.15, 0.2) is 119 Å². The molecular formula is C34H37NO2S. The second kappa shape index (κ2) is 12.0. The normalized spacial score (nSPS) is 15.7. The van der Waals surface area contributed by atoms with Crippen LogP contribution < -0.4 is 0 Å². The first-order valence-electron chi connectivity index (χ1n) is 13.4. The van der Waals surface area contributed by atoms with Crippen molar-refractivity contribution < 1.29 is 10.4 Å². The molecule has 2 unspecified atom stereocenters. The molecule has 4 heteroatoms. The highest BCUT2D eigenvalue weighted by atomic mass is 32.2. The van der Waals surface area contributed by atoms with E-state index in [9.17, 15) is 9.00 Å². The van der Waals surface area contributed by atoms with Crippen LogP contribution in [0.25, 0.3) is 0 Å². The Morgan fingerprint density at radius 3 is 2.00 bits per heavy atom. The third-order valence-electron chi connectivity index (χ3n) is 7.83. The highest BCUT2D eigenvalue weighted by Crippen LogP contribution is 2.32. The van der Waals surface area contributed by atoms with Gasteiger partial charge >= 0.3 is 0 Å². The molecule has 0 aromatic heterocycles. The number of hydrogen-bond donors (Lipinski definition) is 0. The minimum absolute atomic E-state index is 0. The van der Waals surface area contributed by atoms with E-state index in [4.69, 9.17) is 0 Å². The number of rotatable bonds is 10. The molecule has 3 nitrogen and oxygen atoms in total. The Morgan fingerprint density at radius 1 is 0.842 bits per heavy atom. The number of benzene rings is 4. The van der Waals surface area contributed by atoms with E-state index in [1.165, 1.54) is 11.1 Å². The fourth-order valence-corrected chi connectivity index (χ4v) is 6.60. The molecule has 38 heavy (non-hydrogen) atoms. The Bertz CT molecular complexity index is 1350. The van der Waals surface area contributed by atoms with Crippen molar-refractivity contribution in [1.82, 2.24) is 4.90 Å². The lowest BCUT2D eigenvalue weighted by Crippen LogP contribution is -2.51. The Balaban J connectivity index is 0.00000353. The van der Waals surface area contributed by atoms with Crippen molar-refractivity contribution in [2.24, 2.45) is 11.8 Å². The molecule has 1 heterocycles. The SMILES string of the molecule is Cc1ccc(S(=O)c2ccccc2C(=O)C(C)C2CN(CCC(c3ccccc3)c3ccccc3)C2)cc1.[HH]. The lowest BCUT2D eigenvalue weighted by molar-refractivity contribution is 0.0504. The molecule has 0 amide bonds. The predicted octanol–water partition coefficient (Wildman–Crippen LogP) is 7.38. The first-order valence-corrected chi connectivity index (χ1v) is 14.6. The first-order chi connectivity index (χ1) is 18.5. The molecule has 2 atom stereocenters. The zero-order valence-electron chi connectivity index (χ0n) is 22.1. The van der Waals surface area contributed by atoms with Gasteiger partial charge in [0.05, 0.1) is 15.7 Å². The average molecular weight is 524 g/mol. The Hall–Kier alpha value is -3.34. The Morgan fingerprint density at radius 2 is 1.39 bits per heavy atom. The summed E-state index contributed by atoms with van der Waals surface area (Å²) in [5.41, 5.74) is 4.40. The molecule has 0 spiro atoms. The van der Waals surface area contributed by atoms with Crippen molar-refractivity contribution in [3.05, 3.63) is 131 Å². The van der Waals surface area contributed by atoms with Gasteiger partial charge in [-0.15, -0.1) is 0 Å². The predicted molar refractivity (Wildman–Crippen MR) is 157 cm³/mol. The maximum atomic E-state index is 13.6. The van der Waals surface area contributed by atoms with Gasteiger partial charge in [-0.3, -0.25) is 4.79 Å². The lowest BCUT2D eigenvalue weighted by Gasteiger charge is -2.42. The van der Waals surface area contributed by atoms with E-state index in [2.05, 4.69) is 65.6 Å². The first kappa shape index (κ1) is 26.3. The Kier molecular flexibility index (Phi) is 8.31. The quantitative estimate of drug-likeness (QED) is 0.204. The maximum absolute atomic E-state index is 13.6. The van der Waals surface area contributed by atoms with Gasteiger partial charge in [-0.25, -0.2) is 4.21 Å². The van der Waals surface area contributed by atoms with Gasteiger partial charge < -0.3 is 4.90 Å². The average Bonchev–Trinajstić information content (AvgIpc) is 2.94. The van der Waals surface area contributed by atoms with Crippen molar-refractivity contribution in [1.29, 1.82) is 0 Å². The van der Waals surface area contributed by atoms with Gasteiger partial charge in [0.15, 0.2) is 5.78 Å². The lowest BCUT2D eigenvalue weighted by atomic mass is 9.81. The van der Waals surface area contributed by atoms with Crippen molar-refractivity contribution in [3.8, 4) is 0 Å².